The van der Waals surface area contributed by atoms with E-state index in [4.69, 9.17) is 11.6 Å². The number of carbonyl (C=O) groups is 1. The van der Waals surface area contributed by atoms with E-state index in [-0.39, 0.29) is 18.9 Å². The lowest BCUT2D eigenvalue weighted by atomic mass is 10.1. The van der Waals surface area contributed by atoms with Crippen LogP contribution in [0.5, 0.6) is 0 Å². The molecule has 5 nitrogen and oxygen atoms in total. The fourth-order valence-electron chi connectivity index (χ4n) is 2.56. The van der Waals surface area contributed by atoms with Gasteiger partial charge < -0.3 is 5.32 Å². The Kier molecular flexibility index (Phi) is 6.31. The van der Waals surface area contributed by atoms with Crippen molar-refractivity contribution < 1.29 is 13.2 Å². The minimum Gasteiger partial charge on any atom is -0.326 e. The molecule has 0 aliphatic carbocycles. The highest BCUT2D eigenvalue weighted by atomic mass is 35.5. The minimum absolute atomic E-state index is 0.0337. The summed E-state index contributed by atoms with van der Waals surface area (Å²) in [4.78, 5) is 12.3. The Hall–Kier alpha value is -2.05. The molecule has 1 amide bonds. The zero-order valence-corrected chi connectivity index (χ0v) is 16.9. The Labute approximate surface area is 160 Å². The summed E-state index contributed by atoms with van der Waals surface area (Å²) in [5, 5.41) is 3.25. The van der Waals surface area contributed by atoms with E-state index in [1.807, 2.05) is 32.0 Å². The smallest absolute Gasteiger partial charge is 0.232 e. The summed E-state index contributed by atoms with van der Waals surface area (Å²) >= 11 is 6.01. The van der Waals surface area contributed by atoms with E-state index >= 15 is 0 Å². The number of amides is 1. The summed E-state index contributed by atoms with van der Waals surface area (Å²) in [6.45, 7) is 5.81. The van der Waals surface area contributed by atoms with Crippen molar-refractivity contribution in [3.8, 4) is 0 Å². The van der Waals surface area contributed by atoms with E-state index in [0.29, 0.717) is 16.4 Å². The van der Waals surface area contributed by atoms with Crippen molar-refractivity contribution in [3.05, 3.63) is 58.1 Å². The van der Waals surface area contributed by atoms with Gasteiger partial charge in [0.2, 0.25) is 15.9 Å². The van der Waals surface area contributed by atoms with Gasteiger partial charge in [-0.15, -0.1) is 0 Å². The van der Waals surface area contributed by atoms with Crippen molar-refractivity contribution in [3.63, 3.8) is 0 Å². The Morgan fingerprint density at radius 3 is 2.31 bits per heavy atom. The summed E-state index contributed by atoms with van der Waals surface area (Å²) in [5.41, 5.74) is 4.18. The standard InChI is InChI=1S/C19H23ClN2O3S/c1-13-6-8-17(11-15(13)3)21-19(23)9-10-22(26(4,24)25)18-12-16(20)7-5-14(18)2/h5-8,11-12H,9-10H2,1-4H3,(H,21,23). The molecule has 0 spiro atoms. The van der Waals surface area contributed by atoms with Crippen molar-refractivity contribution in [2.24, 2.45) is 0 Å². The van der Waals surface area contributed by atoms with Gasteiger partial charge in [0.1, 0.15) is 0 Å². The molecule has 0 unspecified atom stereocenters. The van der Waals surface area contributed by atoms with Crippen LogP contribution in [0, 0.1) is 20.8 Å². The predicted molar refractivity (Wildman–Crippen MR) is 108 cm³/mol. The number of carbonyl (C=O) groups excluding carboxylic acids is 1. The highest BCUT2D eigenvalue weighted by molar-refractivity contribution is 7.92. The summed E-state index contributed by atoms with van der Waals surface area (Å²) in [6, 6.07) is 10.7. The molecule has 26 heavy (non-hydrogen) atoms. The zero-order valence-electron chi connectivity index (χ0n) is 15.3. The second-order valence-corrected chi connectivity index (χ2v) is 8.71. The summed E-state index contributed by atoms with van der Waals surface area (Å²) in [6.07, 6.45) is 1.15. The molecular formula is C19H23ClN2O3S. The lowest BCUT2D eigenvalue weighted by Gasteiger charge is -2.24. The Bertz CT molecular complexity index is 926. The molecule has 140 valence electrons. The van der Waals surface area contributed by atoms with Crippen LogP contribution in [-0.2, 0) is 14.8 Å². The Balaban J connectivity index is 2.13. The van der Waals surface area contributed by atoms with Crippen LogP contribution in [0.15, 0.2) is 36.4 Å². The van der Waals surface area contributed by atoms with Crippen LogP contribution in [0.2, 0.25) is 5.02 Å². The maximum Gasteiger partial charge on any atom is 0.232 e. The maximum absolute atomic E-state index is 12.3. The van der Waals surface area contributed by atoms with Gasteiger partial charge in [-0.05, 0) is 61.7 Å². The molecule has 1 N–H and O–H groups in total. The van der Waals surface area contributed by atoms with Gasteiger partial charge in [-0.3, -0.25) is 9.10 Å². The molecule has 2 aromatic rings. The molecule has 2 rings (SSSR count). The zero-order chi connectivity index (χ0) is 19.5. The van der Waals surface area contributed by atoms with Gasteiger partial charge in [0.05, 0.1) is 11.9 Å². The van der Waals surface area contributed by atoms with Crippen molar-refractivity contribution in [1.82, 2.24) is 0 Å². The fraction of sp³-hybridized carbons (Fsp3) is 0.316. The van der Waals surface area contributed by atoms with Gasteiger partial charge >= 0.3 is 0 Å². The lowest BCUT2D eigenvalue weighted by Crippen LogP contribution is -2.33. The van der Waals surface area contributed by atoms with E-state index in [0.717, 1.165) is 22.9 Å². The van der Waals surface area contributed by atoms with Crippen molar-refractivity contribution in [2.75, 3.05) is 22.4 Å². The average molecular weight is 395 g/mol. The fourth-order valence-corrected chi connectivity index (χ4v) is 3.71. The summed E-state index contributed by atoms with van der Waals surface area (Å²) in [5.74, 6) is -0.249. The molecule has 0 saturated heterocycles. The molecule has 0 aromatic heterocycles. The van der Waals surface area contributed by atoms with E-state index in [2.05, 4.69) is 5.32 Å². The molecule has 0 aliphatic heterocycles. The number of anilines is 2. The number of nitrogens with zero attached hydrogens (tertiary/aromatic N) is 1. The second kappa shape index (κ2) is 8.10. The predicted octanol–water partition coefficient (Wildman–Crippen LogP) is 4.06. The maximum atomic E-state index is 12.3. The van der Waals surface area contributed by atoms with Gasteiger partial charge in [-0.1, -0.05) is 23.7 Å². The summed E-state index contributed by atoms with van der Waals surface area (Å²) in [7, 11) is -3.54. The lowest BCUT2D eigenvalue weighted by molar-refractivity contribution is -0.116. The molecular weight excluding hydrogens is 372 g/mol. The third kappa shape index (κ3) is 5.22. The van der Waals surface area contributed by atoms with E-state index in [1.54, 1.807) is 25.1 Å². The van der Waals surface area contributed by atoms with Crippen LogP contribution in [0.1, 0.15) is 23.1 Å². The molecule has 0 saturated carbocycles. The van der Waals surface area contributed by atoms with Gasteiger partial charge in [0.15, 0.2) is 0 Å². The molecule has 7 heteroatoms. The largest absolute Gasteiger partial charge is 0.326 e. The van der Waals surface area contributed by atoms with E-state index < -0.39 is 10.0 Å². The van der Waals surface area contributed by atoms with Crippen LogP contribution in [0.3, 0.4) is 0 Å². The monoisotopic (exact) mass is 394 g/mol. The van der Waals surface area contributed by atoms with Crippen LogP contribution < -0.4 is 9.62 Å². The third-order valence-electron chi connectivity index (χ3n) is 4.17. The number of sulfonamides is 1. The van der Waals surface area contributed by atoms with Gasteiger partial charge in [0, 0.05) is 23.7 Å². The second-order valence-electron chi connectivity index (χ2n) is 6.36. The molecule has 0 heterocycles. The molecule has 2 aromatic carbocycles. The van der Waals surface area contributed by atoms with Gasteiger partial charge in [-0.25, -0.2) is 8.42 Å². The SMILES string of the molecule is Cc1ccc(NC(=O)CCN(c2cc(Cl)ccc2C)S(C)(=O)=O)cc1C. The first kappa shape index (κ1) is 20.3. The number of benzene rings is 2. The number of nitrogens with one attached hydrogen (secondary N) is 1. The third-order valence-corrected chi connectivity index (χ3v) is 5.59. The number of aryl methyl sites for hydroxylation is 3. The first-order valence-corrected chi connectivity index (χ1v) is 10.4. The topological polar surface area (TPSA) is 66.5 Å². The van der Waals surface area contributed by atoms with Crippen LogP contribution in [-0.4, -0.2) is 27.1 Å². The van der Waals surface area contributed by atoms with Gasteiger partial charge in [-0.2, -0.15) is 0 Å². The first-order chi connectivity index (χ1) is 12.1. The van der Waals surface area contributed by atoms with Crippen LogP contribution >= 0.6 is 11.6 Å². The minimum atomic E-state index is -3.54. The van der Waals surface area contributed by atoms with E-state index in [1.165, 1.54) is 4.31 Å². The Morgan fingerprint density at radius 1 is 1.04 bits per heavy atom. The summed E-state index contributed by atoms with van der Waals surface area (Å²) < 4.78 is 25.6. The molecule has 0 bridgehead atoms. The van der Waals surface area contributed by atoms with Crippen LogP contribution in [0.25, 0.3) is 0 Å². The number of halogens is 1. The number of hydrogen-bond donors (Lipinski definition) is 1. The average Bonchev–Trinajstić information content (AvgIpc) is 2.53. The van der Waals surface area contributed by atoms with E-state index in [9.17, 15) is 13.2 Å². The quantitative estimate of drug-likeness (QED) is 0.803. The molecule has 0 atom stereocenters. The normalized spacial score (nSPS) is 11.3. The Morgan fingerprint density at radius 2 is 1.69 bits per heavy atom. The van der Waals surface area contributed by atoms with Crippen molar-refractivity contribution in [1.29, 1.82) is 0 Å². The molecule has 0 fully saturated rings. The highest BCUT2D eigenvalue weighted by Crippen LogP contribution is 2.26. The van der Waals surface area contributed by atoms with Crippen LogP contribution in [0.4, 0.5) is 11.4 Å². The number of hydrogen-bond acceptors (Lipinski definition) is 3. The highest BCUT2D eigenvalue weighted by Gasteiger charge is 2.20. The molecule has 0 aliphatic rings. The number of rotatable bonds is 6. The molecule has 0 radical (unpaired) electrons. The van der Waals surface area contributed by atoms with Crippen molar-refractivity contribution in [2.45, 2.75) is 27.2 Å². The first-order valence-electron chi connectivity index (χ1n) is 8.19. The van der Waals surface area contributed by atoms with Gasteiger partial charge in [0.25, 0.3) is 0 Å². The van der Waals surface area contributed by atoms with Crippen molar-refractivity contribution >= 4 is 38.9 Å².